The van der Waals surface area contributed by atoms with E-state index in [2.05, 4.69) is 6.58 Å². The van der Waals surface area contributed by atoms with E-state index in [1.54, 1.807) is 57.2 Å². The summed E-state index contributed by atoms with van der Waals surface area (Å²) in [4.78, 5) is 24.4. The summed E-state index contributed by atoms with van der Waals surface area (Å²) in [6.45, 7) is 12.7. The molecule has 324 valence electrons. The second-order valence-electron chi connectivity index (χ2n) is 16.8. The topological polar surface area (TPSA) is 185 Å². The number of fused-ring (bicyclic) bond motifs is 6. The second kappa shape index (κ2) is 14.9. The van der Waals surface area contributed by atoms with Crippen molar-refractivity contribution in [2.45, 2.75) is 70.1 Å². The number of hydrogen-bond donors (Lipinski definition) is 1. The van der Waals surface area contributed by atoms with Gasteiger partial charge >= 0.3 is 17.2 Å². The standard InChI is InChI=1S/C48H42O15/c1-25(2)32(22-55-43-37-29(12-16-52-37)19-26-7-9-35(50)58-40(26)43)60-46(3,4)33(49)23-56-45-39-31(14-18-54-39)21-28-11-15-48(62-42(28)45)61-34(47(5,6)63-48)24-57-44-38-30(13-17-53-38)20-27-8-10-36(51)59-41(27)44/h7-21,32-34,49H,1,22-24H2,2-6H3/t32?,33?,34?,48-/m0/s1. The Morgan fingerprint density at radius 3 is 1.89 bits per heavy atom. The zero-order chi connectivity index (χ0) is 43.8. The number of hydrogen-bond acceptors (Lipinski definition) is 15. The van der Waals surface area contributed by atoms with Crippen molar-refractivity contribution in [3.63, 3.8) is 0 Å². The molecule has 0 saturated carbocycles. The number of ether oxygens (including phenoxy) is 7. The third-order valence-electron chi connectivity index (χ3n) is 11.4. The highest BCUT2D eigenvalue weighted by Gasteiger charge is 2.55. The largest absolute Gasteiger partial charge is 0.483 e. The molecule has 0 amide bonds. The Kier molecular flexibility index (Phi) is 9.56. The lowest BCUT2D eigenvalue weighted by Gasteiger charge is -2.35. The van der Waals surface area contributed by atoms with Crippen molar-refractivity contribution in [3.8, 4) is 23.0 Å². The van der Waals surface area contributed by atoms with Gasteiger partial charge in [-0.05, 0) is 94.8 Å². The van der Waals surface area contributed by atoms with Gasteiger partial charge in [-0.2, -0.15) is 0 Å². The number of aliphatic hydroxyl groups is 1. The quantitative estimate of drug-likeness (QED) is 0.0855. The van der Waals surface area contributed by atoms with Gasteiger partial charge in [-0.25, -0.2) is 9.59 Å². The van der Waals surface area contributed by atoms with Crippen molar-refractivity contribution >= 4 is 60.9 Å². The monoisotopic (exact) mass is 858 g/mol. The van der Waals surface area contributed by atoms with Crippen LogP contribution in [0.4, 0.5) is 0 Å². The highest BCUT2D eigenvalue weighted by Crippen LogP contribution is 2.49. The molecule has 1 N–H and O–H groups in total. The molecule has 1 saturated heterocycles. The van der Waals surface area contributed by atoms with Crippen LogP contribution in [-0.4, -0.2) is 60.4 Å². The van der Waals surface area contributed by atoms with E-state index in [0.29, 0.717) is 38.7 Å². The van der Waals surface area contributed by atoms with Crippen LogP contribution in [0.3, 0.4) is 0 Å². The number of furan rings is 3. The lowest BCUT2D eigenvalue weighted by atomic mass is 10.0. The van der Waals surface area contributed by atoms with Crippen LogP contribution in [0, 0.1) is 0 Å². The van der Waals surface area contributed by atoms with Gasteiger partial charge in [0.25, 0.3) is 0 Å². The lowest BCUT2D eigenvalue weighted by Crippen LogP contribution is -2.46. The predicted octanol–water partition coefficient (Wildman–Crippen LogP) is 9.03. The van der Waals surface area contributed by atoms with Crippen LogP contribution in [0.1, 0.15) is 40.2 Å². The fourth-order valence-corrected chi connectivity index (χ4v) is 7.84. The molecule has 7 heterocycles. The molecule has 8 aromatic rings. The molecule has 3 unspecified atom stereocenters. The Morgan fingerprint density at radius 2 is 1.29 bits per heavy atom. The normalized spacial score (nSPS) is 19.2. The first-order valence-corrected chi connectivity index (χ1v) is 20.3. The predicted molar refractivity (Wildman–Crippen MR) is 229 cm³/mol. The maximum absolute atomic E-state index is 12.2. The van der Waals surface area contributed by atoms with E-state index >= 15 is 0 Å². The molecule has 0 bridgehead atoms. The third-order valence-corrected chi connectivity index (χ3v) is 11.4. The summed E-state index contributed by atoms with van der Waals surface area (Å²) < 4.78 is 73.5. The van der Waals surface area contributed by atoms with Gasteiger partial charge in [0.2, 0.25) is 17.2 Å². The first-order chi connectivity index (χ1) is 30.2. The fourth-order valence-electron chi connectivity index (χ4n) is 7.84. The molecule has 15 nitrogen and oxygen atoms in total. The van der Waals surface area contributed by atoms with Crippen LogP contribution in [-0.2, 0) is 14.2 Å². The molecule has 3 aromatic carbocycles. The molecule has 2 aliphatic rings. The smallest absolute Gasteiger partial charge is 0.350 e. The maximum atomic E-state index is 12.2. The van der Waals surface area contributed by atoms with Crippen LogP contribution >= 0.6 is 0 Å². The van der Waals surface area contributed by atoms with Gasteiger partial charge in [-0.1, -0.05) is 6.58 Å². The van der Waals surface area contributed by atoms with Crippen LogP contribution in [0.15, 0.2) is 129 Å². The summed E-state index contributed by atoms with van der Waals surface area (Å²) in [6, 6.07) is 17.0. The molecule has 5 aromatic heterocycles. The summed E-state index contributed by atoms with van der Waals surface area (Å²) in [6.07, 6.45) is 5.44. The molecular formula is C48H42O15. The van der Waals surface area contributed by atoms with Gasteiger partial charge in [0.05, 0.1) is 30.0 Å². The Labute approximate surface area is 357 Å². The number of rotatable bonds is 13. The molecule has 1 spiro atoms. The first kappa shape index (κ1) is 40.3. The number of benzene rings is 3. The van der Waals surface area contributed by atoms with Crippen molar-refractivity contribution in [2.75, 3.05) is 19.8 Å². The zero-order valence-corrected chi connectivity index (χ0v) is 34.9. The molecule has 63 heavy (non-hydrogen) atoms. The van der Waals surface area contributed by atoms with Gasteiger partial charge in [0.1, 0.15) is 38.1 Å². The van der Waals surface area contributed by atoms with Crippen molar-refractivity contribution in [3.05, 3.63) is 124 Å². The minimum atomic E-state index is -1.71. The van der Waals surface area contributed by atoms with Crippen molar-refractivity contribution < 1.29 is 60.4 Å². The minimum absolute atomic E-state index is 0.0318. The highest BCUT2D eigenvalue weighted by molar-refractivity contribution is 6.01. The molecule has 10 rings (SSSR count). The van der Waals surface area contributed by atoms with Crippen LogP contribution in [0.25, 0.3) is 60.9 Å². The van der Waals surface area contributed by atoms with E-state index in [4.69, 9.17) is 55.2 Å². The van der Waals surface area contributed by atoms with E-state index in [0.717, 1.165) is 16.2 Å². The van der Waals surface area contributed by atoms with E-state index in [9.17, 15) is 14.7 Å². The highest BCUT2D eigenvalue weighted by atomic mass is 16.9. The summed E-state index contributed by atoms with van der Waals surface area (Å²) in [7, 11) is 0. The summed E-state index contributed by atoms with van der Waals surface area (Å²) in [5.74, 6) is -0.735. The van der Waals surface area contributed by atoms with Gasteiger partial charge in [0.15, 0.2) is 33.7 Å². The average molecular weight is 859 g/mol. The van der Waals surface area contributed by atoms with Crippen LogP contribution in [0.5, 0.6) is 23.0 Å². The van der Waals surface area contributed by atoms with E-state index in [-0.39, 0.29) is 54.0 Å². The average Bonchev–Trinajstić information content (AvgIpc) is 4.06. The molecule has 0 aliphatic carbocycles. The molecule has 0 radical (unpaired) electrons. The van der Waals surface area contributed by atoms with Crippen molar-refractivity contribution in [2.24, 2.45) is 0 Å². The van der Waals surface area contributed by atoms with Gasteiger partial charge < -0.3 is 60.4 Å². The maximum Gasteiger partial charge on any atom is 0.350 e. The second-order valence-corrected chi connectivity index (χ2v) is 16.8. The van der Waals surface area contributed by atoms with E-state index in [1.807, 2.05) is 38.1 Å². The minimum Gasteiger partial charge on any atom is -0.483 e. The number of aliphatic hydroxyl groups excluding tert-OH is 1. The summed E-state index contributed by atoms with van der Waals surface area (Å²) in [5.41, 5.74) is -0.287. The van der Waals surface area contributed by atoms with Crippen molar-refractivity contribution in [1.82, 2.24) is 0 Å². The van der Waals surface area contributed by atoms with Gasteiger partial charge in [-0.15, -0.1) is 0 Å². The van der Waals surface area contributed by atoms with E-state index in [1.165, 1.54) is 30.9 Å². The molecular weight excluding hydrogens is 817 g/mol. The van der Waals surface area contributed by atoms with Crippen molar-refractivity contribution in [1.29, 1.82) is 0 Å². The Morgan fingerprint density at radius 1 is 0.746 bits per heavy atom. The zero-order valence-electron chi connectivity index (χ0n) is 34.9. The first-order valence-electron chi connectivity index (χ1n) is 20.3. The third kappa shape index (κ3) is 7.22. The SMILES string of the molecule is C=C(C)C(COc1c2occc2cc2ccc(=O)oc12)OC(C)(C)C(O)COc1c2c(cc3ccoc13)C=C[C@@]1(O2)OC(COc2c3occc3cc3ccc(=O)oc23)C(C)(C)O1. The lowest BCUT2D eigenvalue weighted by molar-refractivity contribution is -0.271. The molecule has 4 atom stereocenters. The Balaban J connectivity index is 0.863. The summed E-state index contributed by atoms with van der Waals surface area (Å²) in [5, 5.41) is 15.3. The molecule has 15 heteroatoms. The summed E-state index contributed by atoms with van der Waals surface area (Å²) >= 11 is 0. The molecule has 1 fully saturated rings. The van der Waals surface area contributed by atoms with Gasteiger partial charge in [0, 0.05) is 50.7 Å². The van der Waals surface area contributed by atoms with E-state index < -0.39 is 46.7 Å². The fraction of sp³-hybridized carbons (Fsp3) is 0.292. The van der Waals surface area contributed by atoms with Gasteiger partial charge in [-0.3, -0.25) is 0 Å². The molecule has 2 aliphatic heterocycles. The van der Waals surface area contributed by atoms with Crippen LogP contribution in [0.2, 0.25) is 0 Å². The van der Waals surface area contributed by atoms with Crippen LogP contribution < -0.4 is 30.2 Å². The Bertz CT molecular complexity index is 3230. The Hall–Kier alpha value is -6.78.